The van der Waals surface area contributed by atoms with Crippen molar-refractivity contribution in [3.8, 4) is 5.75 Å². The lowest BCUT2D eigenvalue weighted by Gasteiger charge is -2.34. The van der Waals surface area contributed by atoms with Crippen molar-refractivity contribution in [1.82, 2.24) is 15.3 Å². The predicted molar refractivity (Wildman–Crippen MR) is 112 cm³/mol. The van der Waals surface area contributed by atoms with E-state index >= 15 is 0 Å². The van der Waals surface area contributed by atoms with Gasteiger partial charge in [-0.15, -0.1) is 0 Å². The number of pyridine rings is 1. The number of alkyl halides is 3. The maximum Gasteiger partial charge on any atom is 0.442 e. The van der Waals surface area contributed by atoms with Crippen LogP contribution in [0.5, 0.6) is 5.75 Å². The number of rotatable bonds is 8. The number of nitrogens with one attached hydrogen (secondary N) is 2. The number of ether oxygens (including phenoxy) is 2. The van der Waals surface area contributed by atoms with Crippen molar-refractivity contribution in [3.05, 3.63) is 48.3 Å². The van der Waals surface area contributed by atoms with Gasteiger partial charge in [-0.05, 0) is 44.2 Å². The highest BCUT2D eigenvalue weighted by Gasteiger charge is 2.64. The van der Waals surface area contributed by atoms with E-state index in [0.29, 0.717) is 22.6 Å². The molecule has 3 aromatic rings. The standard InChI is InChI=1S/C20H19F3N4O4S/c1-3-30-13-7-8-14-15(10-13)32-18(25-14)27-19(20(21,22)23,17(29)31-4-2)26-16(28)12-6-5-9-24-11-12/h5-11H,3-4H2,1-2H3,(H,25,27)(H,26,28)/t19-/m0/s1. The maximum absolute atomic E-state index is 14.3. The van der Waals surface area contributed by atoms with Gasteiger partial charge in [-0.1, -0.05) is 11.3 Å². The highest BCUT2D eigenvalue weighted by molar-refractivity contribution is 7.22. The van der Waals surface area contributed by atoms with E-state index in [1.807, 2.05) is 0 Å². The Morgan fingerprint density at radius 2 is 1.94 bits per heavy atom. The molecule has 0 spiro atoms. The second-order valence-corrected chi connectivity index (χ2v) is 7.40. The first kappa shape index (κ1) is 23.3. The number of benzene rings is 1. The molecule has 1 atom stereocenters. The zero-order valence-electron chi connectivity index (χ0n) is 17.0. The molecule has 2 aromatic heterocycles. The van der Waals surface area contributed by atoms with E-state index in [-0.39, 0.29) is 17.3 Å². The molecule has 2 heterocycles. The van der Waals surface area contributed by atoms with E-state index in [9.17, 15) is 22.8 Å². The van der Waals surface area contributed by atoms with Crippen LogP contribution >= 0.6 is 11.3 Å². The number of nitrogens with zero attached hydrogens (tertiary/aromatic N) is 2. The second-order valence-electron chi connectivity index (χ2n) is 6.37. The van der Waals surface area contributed by atoms with Crippen LogP contribution < -0.4 is 15.4 Å². The molecule has 0 fully saturated rings. The van der Waals surface area contributed by atoms with Crippen molar-refractivity contribution in [2.45, 2.75) is 25.7 Å². The Hall–Kier alpha value is -3.41. The summed E-state index contributed by atoms with van der Waals surface area (Å²) in [4.78, 5) is 33.0. The van der Waals surface area contributed by atoms with E-state index in [1.54, 1.807) is 30.4 Å². The van der Waals surface area contributed by atoms with E-state index in [1.165, 1.54) is 25.3 Å². The van der Waals surface area contributed by atoms with Crippen LogP contribution in [0.15, 0.2) is 42.7 Å². The molecule has 12 heteroatoms. The lowest BCUT2D eigenvalue weighted by molar-refractivity contribution is -0.204. The van der Waals surface area contributed by atoms with Crippen LogP contribution in [0.1, 0.15) is 24.2 Å². The van der Waals surface area contributed by atoms with Crippen LogP contribution in [0.2, 0.25) is 0 Å². The number of thiazole rings is 1. The average Bonchev–Trinajstić information content (AvgIpc) is 3.15. The van der Waals surface area contributed by atoms with Crippen molar-refractivity contribution in [2.75, 3.05) is 18.5 Å². The second kappa shape index (κ2) is 9.39. The molecule has 1 aromatic carbocycles. The lowest BCUT2D eigenvalue weighted by atomic mass is 10.1. The minimum atomic E-state index is -5.27. The van der Waals surface area contributed by atoms with Crippen molar-refractivity contribution in [2.24, 2.45) is 0 Å². The molecule has 0 aliphatic carbocycles. The molecule has 0 saturated carbocycles. The molecule has 3 rings (SSSR count). The maximum atomic E-state index is 14.3. The number of hydrogen-bond acceptors (Lipinski definition) is 8. The number of aromatic nitrogens is 2. The fourth-order valence-corrected chi connectivity index (χ4v) is 3.69. The largest absolute Gasteiger partial charge is 0.494 e. The fraction of sp³-hybridized carbons (Fsp3) is 0.300. The number of carbonyl (C=O) groups is 2. The van der Waals surface area contributed by atoms with Gasteiger partial charge in [-0.2, -0.15) is 13.2 Å². The van der Waals surface area contributed by atoms with Crippen molar-refractivity contribution in [1.29, 1.82) is 0 Å². The summed E-state index contributed by atoms with van der Waals surface area (Å²) in [5.74, 6) is -2.37. The first-order chi connectivity index (χ1) is 15.2. The number of carbonyl (C=O) groups excluding carboxylic acids is 2. The summed E-state index contributed by atoms with van der Waals surface area (Å²) in [5, 5.41) is 3.58. The Bertz CT molecular complexity index is 1110. The molecular formula is C20H19F3N4O4S. The van der Waals surface area contributed by atoms with Crippen molar-refractivity contribution >= 4 is 38.6 Å². The Morgan fingerprint density at radius 3 is 2.56 bits per heavy atom. The van der Waals surface area contributed by atoms with E-state index in [4.69, 9.17) is 4.74 Å². The van der Waals surface area contributed by atoms with Gasteiger partial charge in [0.2, 0.25) is 0 Å². The zero-order chi connectivity index (χ0) is 23.4. The summed E-state index contributed by atoms with van der Waals surface area (Å²) in [6.07, 6.45) is -2.84. The number of hydrogen-bond donors (Lipinski definition) is 2. The normalized spacial score (nSPS) is 13.3. The molecule has 2 N–H and O–H groups in total. The van der Waals surface area contributed by atoms with Gasteiger partial charge in [-0.3, -0.25) is 9.78 Å². The third-order valence-electron chi connectivity index (χ3n) is 4.20. The van der Waals surface area contributed by atoms with Crippen LogP contribution in [0, 0.1) is 0 Å². The number of fused-ring (bicyclic) bond motifs is 1. The molecule has 8 nitrogen and oxygen atoms in total. The lowest BCUT2D eigenvalue weighted by Crippen LogP contribution is -2.69. The summed E-state index contributed by atoms with van der Waals surface area (Å²) >= 11 is 0.865. The Labute approximate surface area is 184 Å². The number of amides is 1. The molecule has 170 valence electrons. The topological polar surface area (TPSA) is 102 Å². The molecular weight excluding hydrogens is 449 g/mol. The SMILES string of the molecule is CCOC(=O)[C@](NC(=O)c1cccnc1)(Nc1nc2ccc(OCC)cc2s1)C(F)(F)F. The molecule has 0 saturated heterocycles. The summed E-state index contributed by atoms with van der Waals surface area (Å²) in [5.41, 5.74) is -3.36. The third kappa shape index (κ3) is 4.74. The van der Waals surface area contributed by atoms with Gasteiger partial charge < -0.3 is 20.1 Å². The third-order valence-corrected chi connectivity index (χ3v) is 5.13. The van der Waals surface area contributed by atoms with E-state index in [2.05, 4.69) is 20.0 Å². The van der Waals surface area contributed by atoms with E-state index < -0.39 is 23.7 Å². The molecule has 0 unspecified atom stereocenters. The zero-order valence-corrected chi connectivity index (χ0v) is 17.8. The van der Waals surface area contributed by atoms with Gasteiger partial charge in [0.15, 0.2) is 5.13 Å². The fourth-order valence-electron chi connectivity index (χ4n) is 2.74. The molecule has 0 aliphatic rings. The highest BCUT2D eigenvalue weighted by Crippen LogP contribution is 2.36. The van der Waals surface area contributed by atoms with Crippen LogP contribution in [0.4, 0.5) is 18.3 Å². The first-order valence-corrected chi connectivity index (χ1v) is 10.3. The van der Waals surface area contributed by atoms with Gasteiger partial charge in [0.1, 0.15) is 5.75 Å². The number of halogens is 3. The number of esters is 1. The molecule has 1 amide bonds. The van der Waals surface area contributed by atoms with E-state index in [0.717, 1.165) is 17.5 Å². The summed E-state index contributed by atoms with van der Waals surface area (Å²) in [7, 11) is 0. The smallest absolute Gasteiger partial charge is 0.442 e. The predicted octanol–water partition coefficient (Wildman–Crippen LogP) is 3.75. The van der Waals surface area contributed by atoms with Crippen LogP contribution in [0.25, 0.3) is 10.2 Å². The van der Waals surface area contributed by atoms with Crippen molar-refractivity contribution < 1.29 is 32.2 Å². The van der Waals surface area contributed by atoms with Crippen molar-refractivity contribution in [3.63, 3.8) is 0 Å². The Balaban J connectivity index is 2.04. The quantitative estimate of drug-likeness (QED) is 0.383. The summed E-state index contributed by atoms with van der Waals surface area (Å²) in [6.45, 7) is 3.23. The minimum absolute atomic E-state index is 0.169. The number of anilines is 1. The minimum Gasteiger partial charge on any atom is -0.494 e. The van der Waals surface area contributed by atoms with Gasteiger partial charge in [0.25, 0.3) is 5.91 Å². The van der Waals surface area contributed by atoms with Gasteiger partial charge in [0.05, 0.1) is 29.0 Å². The van der Waals surface area contributed by atoms with Gasteiger partial charge in [0, 0.05) is 12.4 Å². The van der Waals surface area contributed by atoms with Crippen LogP contribution in [0.3, 0.4) is 0 Å². The molecule has 0 bridgehead atoms. The molecule has 32 heavy (non-hydrogen) atoms. The first-order valence-electron chi connectivity index (χ1n) is 9.48. The summed E-state index contributed by atoms with van der Waals surface area (Å²) in [6, 6.07) is 7.47. The van der Waals surface area contributed by atoms with Gasteiger partial charge in [-0.25, -0.2) is 9.78 Å². The summed E-state index contributed by atoms with van der Waals surface area (Å²) < 4.78 is 53.5. The highest BCUT2D eigenvalue weighted by atomic mass is 32.1. The van der Waals surface area contributed by atoms with Gasteiger partial charge >= 0.3 is 17.8 Å². The monoisotopic (exact) mass is 468 g/mol. The Morgan fingerprint density at radius 1 is 1.16 bits per heavy atom. The molecule has 0 aliphatic heterocycles. The van der Waals surface area contributed by atoms with Crippen LogP contribution in [-0.2, 0) is 9.53 Å². The Kier molecular flexibility index (Phi) is 6.82. The van der Waals surface area contributed by atoms with Crippen LogP contribution in [-0.4, -0.2) is 46.9 Å². The average molecular weight is 468 g/mol. The molecule has 0 radical (unpaired) electrons.